The largest absolute Gasteiger partial charge is 0.346 e. The Kier molecular flexibility index (Phi) is 8.44. The zero-order chi connectivity index (χ0) is 16.5. The van der Waals surface area contributed by atoms with Crippen LogP contribution in [-0.4, -0.2) is 42.4 Å². The molecule has 3 atom stereocenters. The average molecular weight is 321 g/mol. The predicted molar refractivity (Wildman–Crippen MR) is 97.3 cm³/mol. The van der Waals surface area contributed by atoms with Crippen LogP contribution in [0.25, 0.3) is 0 Å². The molecule has 0 aromatic rings. The monoisotopic (exact) mass is 320 g/mol. The van der Waals surface area contributed by atoms with Crippen molar-refractivity contribution in [3.05, 3.63) is 0 Å². The van der Waals surface area contributed by atoms with Crippen molar-refractivity contribution < 1.29 is 4.74 Å². The summed E-state index contributed by atoms with van der Waals surface area (Å²) in [6, 6.07) is 1.24. The first-order chi connectivity index (χ1) is 11.2. The highest BCUT2D eigenvalue weighted by Gasteiger charge is 2.32. The zero-order valence-corrected chi connectivity index (χ0v) is 15.4. The second-order valence-corrected chi connectivity index (χ2v) is 7.34. The molecule has 3 nitrogen and oxygen atoms in total. The second kappa shape index (κ2) is 10.3. The van der Waals surface area contributed by atoms with Gasteiger partial charge >= 0.3 is 0 Å². The number of ether oxygens (including phenoxy) is 1. The average Bonchev–Trinajstić information content (AvgIpc) is 2.54. The Labute approximate surface area is 143 Å². The van der Waals surface area contributed by atoms with Crippen molar-refractivity contribution in [2.24, 2.45) is 0 Å². The summed E-state index contributed by atoms with van der Waals surface area (Å²) in [5, 5.41) is 3.58. The normalized spacial score (nSPS) is 30.2. The summed E-state index contributed by atoms with van der Waals surface area (Å²) in [7, 11) is 0. The minimum Gasteiger partial charge on any atom is -0.346 e. The van der Waals surface area contributed by atoms with Gasteiger partial charge in [-0.25, -0.2) is 0 Å². The summed E-state index contributed by atoms with van der Waals surface area (Å²) in [4.78, 5) is 2.65. The zero-order valence-electron chi connectivity index (χ0n) is 15.4. The van der Waals surface area contributed by atoms with E-state index in [-0.39, 0.29) is 12.3 Å². The molecule has 1 heterocycles. The fraction of sp³-hybridized carbons (Fsp3) is 0.900. The highest BCUT2D eigenvalue weighted by atomic mass is 16.5. The molecule has 1 aliphatic carbocycles. The predicted octanol–water partition coefficient (Wildman–Crippen LogP) is 3.93. The van der Waals surface area contributed by atoms with Gasteiger partial charge in [-0.15, -0.1) is 5.92 Å². The second-order valence-electron chi connectivity index (χ2n) is 7.34. The summed E-state index contributed by atoms with van der Waals surface area (Å²) >= 11 is 0. The summed E-state index contributed by atoms with van der Waals surface area (Å²) in [6.45, 7) is 8.27. The fourth-order valence-corrected chi connectivity index (χ4v) is 4.02. The van der Waals surface area contributed by atoms with Gasteiger partial charge in [-0.1, -0.05) is 50.9 Å². The van der Waals surface area contributed by atoms with E-state index >= 15 is 0 Å². The van der Waals surface area contributed by atoms with E-state index in [4.69, 9.17) is 4.74 Å². The lowest BCUT2D eigenvalue weighted by atomic mass is 9.95. The Morgan fingerprint density at radius 2 is 1.65 bits per heavy atom. The number of rotatable bonds is 3. The van der Waals surface area contributed by atoms with Crippen LogP contribution in [0.15, 0.2) is 0 Å². The standard InChI is InChI=1S/C20H36N2O/c1-4-12-18(3)23-20-15-21-17(2)16-22(20)19-13-10-8-6-5-7-9-11-14-19/h17-21H,5-11,13-16H2,1-3H3/t17-,18-,20?/m1/s1. The Bertz CT molecular complexity index is 377. The third kappa shape index (κ3) is 6.45. The number of nitrogens with one attached hydrogen (secondary N) is 1. The van der Waals surface area contributed by atoms with E-state index in [0.717, 1.165) is 13.1 Å². The number of hydrogen-bond acceptors (Lipinski definition) is 3. The van der Waals surface area contributed by atoms with Gasteiger partial charge in [0, 0.05) is 25.2 Å². The third-order valence-corrected chi connectivity index (χ3v) is 5.25. The van der Waals surface area contributed by atoms with Gasteiger partial charge in [0.1, 0.15) is 12.3 Å². The van der Waals surface area contributed by atoms with Crippen LogP contribution in [-0.2, 0) is 4.74 Å². The molecule has 0 amide bonds. The lowest BCUT2D eigenvalue weighted by molar-refractivity contribution is -0.113. The van der Waals surface area contributed by atoms with Gasteiger partial charge in [-0.3, -0.25) is 4.90 Å². The Morgan fingerprint density at radius 3 is 2.26 bits per heavy atom. The van der Waals surface area contributed by atoms with E-state index in [9.17, 15) is 0 Å². The third-order valence-electron chi connectivity index (χ3n) is 5.25. The molecule has 3 heteroatoms. The highest BCUT2D eigenvalue weighted by Crippen LogP contribution is 2.24. The first kappa shape index (κ1) is 18.8. The van der Waals surface area contributed by atoms with Crippen molar-refractivity contribution in [1.29, 1.82) is 0 Å². The molecule has 2 aliphatic rings. The van der Waals surface area contributed by atoms with Crippen molar-refractivity contribution in [1.82, 2.24) is 10.2 Å². The highest BCUT2D eigenvalue weighted by molar-refractivity contribution is 5.01. The molecular formula is C20H36N2O. The van der Waals surface area contributed by atoms with Gasteiger partial charge in [-0.05, 0) is 33.6 Å². The van der Waals surface area contributed by atoms with Crippen LogP contribution < -0.4 is 5.32 Å². The maximum atomic E-state index is 6.26. The van der Waals surface area contributed by atoms with E-state index in [1.807, 2.05) is 6.92 Å². The van der Waals surface area contributed by atoms with Gasteiger partial charge in [0.25, 0.3) is 0 Å². The topological polar surface area (TPSA) is 24.5 Å². The Balaban J connectivity index is 2.00. The van der Waals surface area contributed by atoms with Crippen molar-refractivity contribution in [3.63, 3.8) is 0 Å². The van der Waals surface area contributed by atoms with E-state index < -0.39 is 0 Å². The van der Waals surface area contributed by atoms with E-state index in [1.165, 1.54) is 57.8 Å². The number of nitrogens with zero attached hydrogens (tertiary/aromatic N) is 1. The molecule has 0 aromatic carbocycles. The molecule has 0 aromatic heterocycles. The minimum atomic E-state index is 0.0160. The van der Waals surface area contributed by atoms with Crippen LogP contribution in [0.5, 0.6) is 0 Å². The summed E-state index contributed by atoms with van der Waals surface area (Å²) in [6.07, 6.45) is 12.7. The van der Waals surface area contributed by atoms with Crippen LogP contribution in [0, 0.1) is 11.8 Å². The molecule has 0 spiro atoms. The Morgan fingerprint density at radius 1 is 1.04 bits per heavy atom. The molecule has 1 unspecified atom stereocenters. The van der Waals surface area contributed by atoms with Gasteiger partial charge in [0.2, 0.25) is 0 Å². The molecule has 1 saturated carbocycles. The van der Waals surface area contributed by atoms with Crippen LogP contribution in [0.4, 0.5) is 0 Å². The first-order valence-corrected chi connectivity index (χ1v) is 9.77. The Hall–Kier alpha value is -0.560. The first-order valence-electron chi connectivity index (χ1n) is 9.77. The van der Waals surface area contributed by atoms with Gasteiger partial charge in [0.15, 0.2) is 0 Å². The minimum absolute atomic E-state index is 0.0160. The number of hydrogen-bond donors (Lipinski definition) is 1. The molecule has 1 saturated heterocycles. The smallest absolute Gasteiger partial charge is 0.125 e. The maximum absolute atomic E-state index is 6.26. The summed E-state index contributed by atoms with van der Waals surface area (Å²) in [5.74, 6) is 6.12. The SMILES string of the molecule is CC#C[C@@H](C)OC1CN[C@H](C)CN1C1CCCCCCCCC1. The van der Waals surface area contributed by atoms with Crippen LogP contribution in [0.2, 0.25) is 0 Å². The van der Waals surface area contributed by atoms with Crippen LogP contribution >= 0.6 is 0 Å². The number of piperazine rings is 1. The molecule has 1 N–H and O–H groups in total. The van der Waals surface area contributed by atoms with Gasteiger partial charge in [-0.2, -0.15) is 0 Å². The van der Waals surface area contributed by atoms with E-state index in [2.05, 4.69) is 35.9 Å². The molecule has 2 fully saturated rings. The molecule has 23 heavy (non-hydrogen) atoms. The molecule has 2 rings (SSSR count). The summed E-state index contributed by atoms with van der Waals surface area (Å²) < 4.78 is 6.26. The van der Waals surface area contributed by atoms with E-state index in [1.54, 1.807) is 0 Å². The van der Waals surface area contributed by atoms with Gasteiger partial charge < -0.3 is 10.1 Å². The van der Waals surface area contributed by atoms with Crippen molar-refractivity contribution >= 4 is 0 Å². The van der Waals surface area contributed by atoms with Crippen LogP contribution in [0.3, 0.4) is 0 Å². The molecule has 0 bridgehead atoms. The summed E-state index contributed by atoms with van der Waals surface area (Å²) in [5.41, 5.74) is 0. The van der Waals surface area contributed by atoms with Crippen molar-refractivity contribution in [2.45, 2.75) is 103 Å². The molecule has 1 aliphatic heterocycles. The van der Waals surface area contributed by atoms with E-state index in [0.29, 0.717) is 12.1 Å². The van der Waals surface area contributed by atoms with Gasteiger partial charge in [0.05, 0.1) is 0 Å². The lowest BCUT2D eigenvalue weighted by Crippen LogP contribution is -2.60. The maximum Gasteiger partial charge on any atom is 0.125 e. The molecule has 0 radical (unpaired) electrons. The lowest BCUT2D eigenvalue weighted by Gasteiger charge is -2.44. The van der Waals surface area contributed by atoms with Crippen molar-refractivity contribution in [3.8, 4) is 11.8 Å². The fourth-order valence-electron chi connectivity index (χ4n) is 4.02. The van der Waals surface area contributed by atoms with Crippen molar-refractivity contribution in [2.75, 3.05) is 13.1 Å². The quantitative estimate of drug-likeness (QED) is 0.798. The molecular weight excluding hydrogens is 284 g/mol. The molecule has 132 valence electrons. The van der Waals surface area contributed by atoms with Crippen LogP contribution in [0.1, 0.15) is 78.6 Å².